The molecule has 0 aliphatic rings. The van der Waals surface area contributed by atoms with Gasteiger partial charge in [0.05, 0.1) is 25.0 Å². The number of alkyl halides is 1. The Balaban J connectivity index is 3.51. The Labute approximate surface area is 102 Å². The van der Waals surface area contributed by atoms with Crippen molar-refractivity contribution < 1.29 is 19.2 Å². The van der Waals surface area contributed by atoms with Gasteiger partial charge < -0.3 is 9.47 Å². The fraction of sp³-hybridized carbons (Fsp3) is 0.300. The highest BCUT2D eigenvalue weighted by Crippen LogP contribution is 2.30. The Morgan fingerprint density at radius 3 is 2.53 bits per heavy atom. The predicted molar refractivity (Wildman–Crippen MR) is 60.5 cm³/mol. The van der Waals surface area contributed by atoms with Crippen molar-refractivity contribution in [2.45, 2.75) is 5.88 Å². The fourth-order valence-corrected chi connectivity index (χ4v) is 1.57. The summed E-state index contributed by atoms with van der Waals surface area (Å²) in [6.07, 6.45) is 0. The number of nitro benzene ring substituents is 1. The minimum atomic E-state index is -0.804. The molecule has 0 saturated carbocycles. The topological polar surface area (TPSA) is 78.7 Å². The fourth-order valence-electron chi connectivity index (χ4n) is 1.37. The van der Waals surface area contributed by atoms with Crippen LogP contribution in [0.15, 0.2) is 12.1 Å². The SMILES string of the molecule is COC(=O)c1cc(OC)cc(CCl)c1[N+](=O)[O-]. The van der Waals surface area contributed by atoms with E-state index in [1.165, 1.54) is 19.2 Å². The lowest BCUT2D eigenvalue weighted by atomic mass is 10.1. The molecule has 0 atom stereocenters. The molecule has 0 fully saturated rings. The average molecular weight is 260 g/mol. The van der Waals surface area contributed by atoms with Crippen LogP contribution in [-0.2, 0) is 10.6 Å². The Morgan fingerprint density at radius 1 is 1.47 bits per heavy atom. The van der Waals surface area contributed by atoms with Crippen LogP contribution in [0, 0.1) is 10.1 Å². The second-order valence-electron chi connectivity index (χ2n) is 3.07. The molecular formula is C10H10ClNO5. The maximum absolute atomic E-state index is 11.4. The van der Waals surface area contributed by atoms with Crippen molar-refractivity contribution in [1.29, 1.82) is 0 Å². The van der Waals surface area contributed by atoms with Gasteiger partial charge >= 0.3 is 5.97 Å². The molecule has 0 radical (unpaired) electrons. The summed E-state index contributed by atoms with van der Waals surface area (Å²) in [7, 11) is 2.53. The summed E-state index contributed by atoms with van der Waals surface area (Å²) in [5, 5.41) is 10.9. The molecule has 0 aliphatic carbocycles. The van der Waals surface area contributed by atoms with E-state index in [1.54, 1.807) is 0 Å². The standard InChI is InChI=1S/C10H10ClNO5/c1-16-7-3-6(5-11)9(12(14)15)8(4-7)10(13)17-2/h3-4H,5H2,1-2H3. The van der Waals surface area contributed by atoms with Crippen molar-refractivity contribution in [2.75, 3.05) is 14.2 Å². The van der Waals surface area contributed by atoms with E-state index >= 15 is 0 Å². The average Bonchev–Trinajstić information content (AvgIpc) is 2.35. The molecule has 6 nitrogen and oxygen atoms in total. The third kappa shape index (κ3) is 2.65. The third-order valence-corrected chi connectivity index (χ3v) is 2.42. The molecule has 0 saturated heterocycles. The highest BCUT2D eigenvalue weighted by Gasteiger charge is 2.26. The van der Waals surface area contributed by atoms with Crippen LogP contribution < -0.4 is 4.74 Å². The van der Waals surface area contributed by atoms with Crippen molar-refractivity contribution >= 4 is 23.3 Å². The maximum Gasteiger partial charge on any atom is 0.345 e. The molecule has 0 bridgehead atoms. The molecule has 92 valence electrons. The zero-order chi connectivity index (χ0) is 13.0. The molecule has 0 unspecified atom stereocenters. The lowest BCUT2D eigenvalue weighted by Gasteiger charge is -2.07. The second kappa shape index (κ2) is 5.49. The third-order valence-electron chi connectivity index (χ3n) is 2.13. The number of esters is 1. The van der Waals surface area contributed by atoms with E-state index in [1.807, 2.05) is 0 Å². The van der Waals surface area contributed by atoms with E-state index < -0.39 is 10.9 Å². The number of methoxy groups -OCH3 is 2. The van der Waals surface area contributed by atoms with Gasteiger partial charge in [0, 0.05) is 11.6 Å². The highest BCUT2D eigenvalue weighted by molar-refractivity contribution is 6.17. The lowest BCUT2D eigenvalue weighted by molar-refractivity contribution is -0.385. The minimum absolute atomic E-state index is 0.0997. The van der Waals surface area contributed by atoms with Crippen LogP contribution in [0.5, 0.6) is 5.75 Å². The molecule has 0 amide bonds. The molecule has 7 heteroatoms. The van der Waals surface area contributed by atoms with Crippen molar-refractivity contribution in [3.8, 4) is 5.75 Å². The predicted octanol–water partition coefficient (Wildman–Crippen LogP) is 2.13. The van der Waals surface area contributed by atoms with Crippen LogP contribution in [0.25, 0.3) is 0 Å². The number of rotatable bonds is 4. The van der Waals surface area contributed by atoms with Crippen LogP contribution in [0.4, 0.5) is 5.69 Å². The van der Waals surface area contributed by atoms with Gasteiger partial charge in [0.1, 0.15) is 11.3 Å². The van der Waals surface area contributed by atoms with E-state index in [-0.39, 0.29) is 22.7 Å². The van der Waals surface area contributed by atoms with Crippen molar-refractivity contribution in [1.82, 2.24) is 0 Å². The summed E-state index contributed by atoms with van der Waals surface area (Å²) >= 11 is 5.61. The molecule has 0 aliphatic heterocycles. The molecule has 0 spiro atoms. The maximum atomic E-state index is 11.4. The Morgan fingerprint density at radius 2 is 2.12 bits per heavy atom. The monoisotopic (exact) mass is 259 g/mol. The first kappa shape index (κ1) is 13.2. The van der Waals surface area contributed by atoms with E-state index in [0.29, 0.717) is 5.75 Å². The molecule has 1 rings (SSSR count). The first-order valence-corrected chi connectivity index (χ1v) is 5.08. The number of ether oxygens (including phenoxy) is 2. The normalized spacial score (nSPS) is 9.82. The minimum Gasteiger partial charge on any atom is -0.497 e. The summed E-state index contributed by atoms with van der Waals surface area (Å²) in [6.45, 7) is 0. The first-order chi connectivity index (χ1) is 8.04. The number of nitrogens with zero attached hydrogens (tertiary/aromatic N) is 1. The van der Waals surface area contributed by atoms with Crippen LogP contribution in [-0.4, -0.2) is 25.1 Å². The van der Waals surface area contributed by atoms with E-state index in [9.17, 15) is 14.9 Å². The zero-order valence-electron chi connectivity index (χ0n) is 9.23. The number of halogens is 1. The van der Waals surface area contributed by atoms with Crippen LogP contribution >= 0.6 is 11.6 Å². The molecule has 17 heavy (non-hydrogen) atoms. The van der Waals surface area contributed by atoms with Crippen LogP contribution in [0.2, 0.25) is 0 Å². The van der Waals surface area contributed by atoms with Gasteiger partial charge in [-0.1, -0.05) is 0 Å². The van der Waals surface area contributed by atoms with Gasteiger partial charge in [0.2, 0.25) is 0 Å². The summed E-state index contributed by atoms with van der Waals surface area (Å²) < 4.78 is 9.42. The van der Waals surface area contributed by atoms with Gasteiger partial charge in [0.25, 0.3) is 5.69 Å². The largest absolute Gasteiger partial charge is 0.497 e. The molecule has 0 aromatic heterocycles. The molecule has 1 aromatic rings. The highest BCUT2D eigenvalue weighted by atomic mass is 35.5. The molecule has 1 aromatic carbocycles. The number of hydrogen-bond donors (Lipinski definition) is 0. The molecular weight excluding hydrogens is 250 g/mol. The van der Waals surface area contributed by atoms with Crippen molar-refractivity contribution in [3.63, 3.8) is 0 Å². The Bertz CT molecular complexity index is 460. The van der Waals surface area contributed by atoms with E-state index in [4.69, 9.17) is 16.3 Å². The Kier molecular flexibility index (Phi) is 4.28. The summed E-state index contributed by atoms with van der Waals surface area (Å²) in [5.41, 5.74) is -0.323. The van der Waals surface area contributed by atoms with E-state index in [0.717, 1.165) is 7.11 Å². The zero-order valence-corrected chi connectivity index (χ0v) is 9.98. The van der Waals surface area contributed by atoms with Crippen molar-refractivity contribution in [2.24, 2.45) is 0 Å². The van der Waals surface area contributed by atoms with Crippen LogP contribution in [0.1, 0.15) is 15.9 Å². The summed E-state index contributed by atoms with van der Waals surface area (Å²) in [6, 6.07) is 2.66. The van der Waals surface area contributed by atoms with Gasteiger partial charge in [-0.2, -0.15) is 0 Å². The second-order valence-corrected chi connectivity index (χ2v) is 3.33. The smallest absolute Gasteiger partial charge is 0.345 e. The molecule has 0 N–H and O–H groups in total. The number of benzene rings is 1. The van der Waals surface area contributed by atoms with Gasteiger partial charge in [-0.25, -0.2) is 4.79 Å². The molecule has 0 heterocycles. The van der Waals surface area contributed by atoms with Gasteiger partial charge in [-0.3, -0.25) is 10.1 Å². The van der Waals surface area contributed by atoms with E-state index in [2.05, 4.69) is 4.74 Å². The summed E-state index contributed by atoms with van der Waals surface area (Å²) in [4.78, 5) is 21.7. The Hall–Kier alpha value is -1.82. The van der Waals surface area contributed by atoms with Gasteiger partial charge in [-0.15, -0.1) is 11.6 Å². The van der Waals surface area contributed by atoms with Gasteiger partial charge in [0.15, 0.2) is 0 Å². The summed E-state index contributed by atoms with van der Waals surface area (Å²) in [5.74, 6) is -0.592. The van der Waals surface area contributed by atoms with Crippen molar-refractivity contribution in [3.05, 3.63) is 33.4 Å². The van der Waals surface area contributed by atoms with Crippen LogP contribution in [0.3, 0.4) is 0 Å². The quantitative estimate of drug-likeness (QED) is 0.358. The number of carbonyl (C=O) groups excluding carboxylic acids is 1. The number of nitro groups is 1. The number of carbonyl (C=O) groups is 1. The van der Waals surface area contributed by atoms with Gasteiger partial charge in [-0.05, 0) is 6.07 Å². The number of hydrogen-bond acceptors (Lipinski definition) is 5. The lowest BCUT2D eigenvalue weighted by Crippen LogP contribution is -2.08. The first-order valence-electron chi connectivity index (χ1n) is 4.54.